The fourth-order valence-electron chi connectivity index (χ4n) is 2.94. The van der Waals surface area contributed by atoms with E-state index in [4.69, 9.17) is 27.9 Å². The summed E-state index contributed by atoms with van der Waals surface area (Å²) in [6.07, 6.45) is 2.43. The summed E-state index contributed by atoms with van der Waals surface area (Å²) in [5, 5.41) is 5.99. The first-order valence-electron chi connectivity index (χ1n) is 8.25. The Balaban J connectivity index is 1.53. The van der Waals surface area contributed by atoms with Crippen molar-refractivity contribution in [1.82, 2.24) is 10.2 Å². The maximum Gasteiger partial charge on any atom is 0.258 e. The van der Waals surface area contributed by atoms with E-state index in [2.05, 4.69) is 27.7 Å². The lowest BCUT2D eigenvalue weighted by Crippen LogP contribution is -2.38. The molecule has 2 aromatic rings. The summed E-state index contributed by atoms with van der Waals surface area (Å²) in [5.74, 6) is 0.294. The van der Waals surface area contributed by atoms with Crippen molar-refractivity contribution in [3.63, 3.8) is 0 Å². The maximum atomic E-state index is 12.2. The molecule has 4 nitrogen and oxygen atoms in total. The van der Waals surface area contributed by atoms with Gasteiger partial charge in [-0.3, -0.25) is 9.69 Å². The molecule has 0 bridgehead atoms. The zero-order chi connectivity index (χ0) is 17.6. The number of hydrogen-bond donors (Lipinski definition) is 1. The van der Waals surface area contributed by atoms with Crippen LogP contribution in [0.3, 0.4) is 0 Å². The maximum absolute atomic E-state index is 12.2. The van der Waals surface area contributed by atoms with Gasteiger partial charge in [0.25, 0.3) is 5.91 Å². The minimum Gasteiger partial charge on any atom is -0.482 e. The third-order valence-electron chi connectivity index (χ3n) is 4.20. The van der Waals surface area contributed by atoms with E-state index in [1.54, 1.807) is 29.5 Å². The van der Waals surface area contributed by atoms with Crippen molar-refractivity contribution >= 4 is 40.4 Å². The largest absolute Gasteiger partial charge is 0.482 e. The number of halogens is 2. The first-order chi connectivity index (χ1) is 12.1. The molecule has 1 aliphatic rings. The number of likely N-dealkylation sites (tertiary alicyclic amines) is 1. The van der Waals surface area contributed by atoms with E-state index in [-0.39, 0.29) is 18.6 Å². The standard InChI is InChI=1S/C18H20Cl2N2O2S/c19-13-5-6-16(14(20)10-13)24-12-18(23)21-11-15(17-4-3-9-25-17)22-7-1-2-8-22/h3-6,9-10,15H,1-2,7-8,11-12H2,(H,21,23). The van der Waals surface area contributed by atoms with Gasteiger partial charge in [-0.25, -0.2) is 0 Å². The van der Waals surface area contributed by atoms with E-state index < -0.39 is 0 Å². The highest BCUT2D eigenvalue weighted by molar-refractivity contribution is 7.10. The SMILES string of the molecule is O=C(COc1ccc(Cl)cc1Cl)NCC(c1cccs1)N1CCCC1. The Kier molecular flexibility index (Phi) is 6.59. The minimum absolute atomic E-state index is 0.0709. The molecule has 0 radical (unpaired) electrons. The molecule has 1 N–H and O–H groups in total. The zero-order valence-electron chi connectivity index (χ0n) is 13.7. The number of hydrogen-bond acceptors (Lipinski definition) is 4. The highest BCUT2D eigenvalue weighted by Crippen LogP contribution is 2.28. The molecule has 1 aromatic carbocycles. The third-order valence-corrected chi connectivity index (χ3v) is 5.70. The molecule has 1 aliphatic heterocycles. The van der Waals surface area contributed by atoms with Gasteiger partial charge < -0.3 is 10.1 Å². The number of nitrogens with zero attached hydrogens (tertiary/aromatic N) is 1. The Morgan fingerprint density at radius 1 is 1.28 bits per heavy atom. The van der Waals surface area contributed by atoms with Gasteiger partial charge in [0.15, 0.2) is 6.61 Å². The molecule has 1 atom stereocenters. The Labute approximate surface area is 161 Å². The van der Waals surface area contributed by atoms with Gasteiger partial charge in [-0.15, -0.1) is 11.3 Å². The quantitative estimate of drug-likeness (QED) is 0.751. The number of carbonyl (C=O) groups excluding carboxylic acids is 1. The van der Waals surface area contributed by atoms with Crippen molar-refractivity contribution in [3.8, 4) is 5.75 Å². The van der Waals surface area contributed by atoms with Gasteiger partial charge in [0.05, 0.1) is 11.1 Å². The molecule has 134 valence electrons. The van der Waals surface area contributed by atoms with Crippen molar-refractivity contribution in [2.75, 3.05) is 26.2 Å². The van der Waals surface area contributed by atoms with Gasteiger partial charge in [0.1, 0.15) is 5.75 Å². The summed E-state index contributed by atoms with van der Waals surface area (Å²) in [7, 11) is 0. The van der Waals surface area contributed by atoms with Crippen LogP contribution in [0.15, 0.2) is 35.7 Å². The van der Waals surface area contributed by atoms with Gasteiger partial charge >= 0.3 is 0 Å². The summed E-state index contributed by atoms with van der Waals surface area (Å²) >= 11 is 13.6. The Morgan fingerprint density at radius 3 is 2.76 bits per heavy atom. The predicted molar refractivity (Wildman–Crippen MR) is 103 cm³/mol. The predicted octanol–water partition coefficient (Wildman–Crippen LogP) is 4.39. The first-order valence-corrected chi connectivity index (χ1v) is 9.89. The normalized spacial score (nSPS) is 15.9. The summed E-state index contributed by atoms with van der Waals surface area (Å²) in [6.45, 7) is 2.67. The van der Waals surface area contributed by atoms with E-state index >= 15 is 0 Å². The minimum atomic E-state index is -0.160. The van der Waals surface area contributed by atoms with Crippen LogP contribution in [0.1, 0.15) is 23.8 Å². The van der Waals surface area contributed by atoms with Gasteiger partial charge in [0, 0.05) is 16.4 Å². The average Bonchev–Trinajstić information content (AvgIpc) is 3.28. The van der Waals surface area contributed by atoms with Crippen LogP contribution in [-0.2, 0) is 4.79 Å². The number of thiophene rings is 1. The molecule has 1 fully saturated rings. The molecule has 0 aliphatic carbocycles. The van der Waals surface area contributed by atoms with Crippen molar-refractivity contribution in [2.24, 2.45) is 0 Å². The Hall–Kier alpha value is -1.27. The van der Waals surface area contributed by atoms with E-state index in [1.165, 1.54) is 17.7 Å². The zero-order valence-corrected chi connectivity index (χ0v) is 16.0. The molecule has 2 heterocycles. The average molecular weight is 399 g/mol. The number of benzene rings is 1. The van der Waals surface area contributed by atoms with E-state index in [0.29, 0.717) is 22.3 Å². The molecular formula is C18H20Cl2N2O2S. The van der Waals surface area contributed by atoms with Crippen molar-refractivity contribution < 1.29 is 9.53 Å². The lowest BCUT2D eigenvalue weighted by molar-refractivity contribution is -0.123. The highest BCUT2D eigenvalue weighted by atomic mass is 35.5. The summed E-state index contributed by atoms with van der Waals surface area (Å²) in [5.41, 5.74) is 0. The Morgan fingerprint density at radius 2 is 2.08 bits per heavy atom. The first kappa shape index (κ1) is 18.5. The summed E-state index contributed by atoms with van der Waals surface area (Å²) < 4.78 is 5.49. The molecule has 25 heavy (non-hydrogen) atoms. The number of nitrogens with one attached hydrogen (secondary N) is 1. The van der Waals surface area contributed by atoms with Gasteiger partial charge in [-0.2, -0.15) is 0 Å². The van der Waals surface area contributed by atoms with Gasteiger partial charge in [0.2, 0.25) is 0 Å². The fourth-order valence-corrected chi connectivity index (χ4v) is 4.26. The summed E-state index contributed by atoms with van der Waals surface area (Å²) in [4.78, 5) is 15.9. The lowest BCUT2D eigenvalue weighted by Gasteiger charge is -2.26. The highest BCUT2D eigenvalue weighted by Gasteiger charge is 2.24. The van der Waals surface area contributed by atoms with Crippen molar-refractivity contribution in [2.45, 2.75) is 18.9 Å². The third kappa shape index (κ3) is 5.11. The van der Waals surface area contributed by atoms with E-state index in [0.717, 1.165) is 13.1 Å². The molecule has 1 amide bonds. The fraction of sp³-hybridized carbons (Fsp3) is 0.389. The smallest absolute Gasteiger partial charge is 0.258 e. The second kappa shape index (κ2) is 8.90. The van der Waals surface area contributed by atoms with Crippen LogP contribution in [-0.4, -0.2) is 37.0 Å². The Bertz CT molecular complexity index is 703. The van der Waals surface area contributed by atoms with Crippen LogP contribution in [0.2, 0.25) is 10.0 Å². The van der Waals surface area contributed by atoms with Gasteiger partial charge in [-0.05, 0) is 55.6 Å². The van der Waals surface area contributed by atoms with Crippen LogP contribution in [0.25, 0.3) is 0 Å². The number of rotatable bonds is 7. The monoisotopic (exact) mass is 398 g/mol. The van der Waals surface area contributed by atoms with E-state index in [1.807, 2.05) is 0 Å². The van der Waals surface area contributed by atoms with Crippen molar-refractivity contribution in [3.05, 3.63) is 50.6 Å². The second-order valence-electron chi connectivity index (χ2n) is 5.94. The van der Waals surface area contributed by atoms with E-state index in [9.17, 15) is 4.79 Å². The van der Waals surface area contributed by atoms with Crippen LogP contribution in [0, 0.1) is 0 Å². The molecule has 0 spiro atoms. The molecule has 0 saturated carbocycles. The van der Waals surface area contributed by atoms with Crippen LogP contribution in [0.4, 0.5) is 0 Å². The number of ether oxygens (including phenoxy) is 1. The van der Waals surface area contributed by atoms with Crippen LogP contribution in [0.5, 0.6) is 5.75 Å². The molecular weight excluding hydrogens is 379 g/mol. The summed E-state index contributed by atoms with van der Waals surface area (Å²) in [6, 6.07) is 9.35. The lowest BCUT2D eigenvalue weighted by atomic mass is 10.2. The second-order valence-corrected chi connectivity index (χ2v) is 7.76. The molecule has 1 unspecified atom stereocenters. The topological polar surface area (TPSA) is 41.6 Å². The molecule has 1 aromatic heterocycles. The molecule has 1 saturated heterocycles. The van der Waals surface area contributed by atoms with Gasteiger partial charge in [-0.1, -0.05) is 29.3 Å². The van der Waals surface area contributed by atoms with Crippen molar-refractivity contribution in [1.29, 1.82) is 0 Å². The van der Waals surface area contributed by atoms with Crippen LogP contribution < -0.4 is 10.1 Å². The number of amides is 1. The van der Waals surface area contributed by atoms with Crippen LogP contribution >= 0.6 is 34.5 Å². The number of carbonyl (C=O) groups is 1. The molecule has 7 heteroatoms. The molecule has 3 rings (SSSR count).